The second-order valence-electron chi connectivity index (χ2n) is 9.52. The quantitative estimate of drug-likeness (QED) is 0.189. The Labute approximate surface area is 239 Å². The predicted octanol–water partition coefficient (Wildman–Crippen LogP) is 8.42. The summed E-state index contributed by atoms with van der Waals surface area (Å²) in [5, 5.41) is 0. The molecule has 3 aromatic rings. The van der Waals surface area contributed by atoms with Gasteiger partial charge in [-0.05, 0) is 73.2 Å². The zero-order valence-electron chi connectivity index (χ0n) is 24.9. The van der Waals surface area contributed by atoms with Gasteiger partial charge in [-0.2, -0.15) is 0 Å². The van der Waals surface area contributed by atoms with Crippen LogP contribution in [-0.2, 0) is 0 Å². The van der Waals surface area contributed by atoms with Crippen LogP contribution in [0.4, 0.5) is 0 Å². The van der Waals surface area contributed by atoms with E-state index < -0.39 is 0 Å². The van der Waals surface area contributed by atoms with Crippen molar-refractivity contribution in [3.8, 4) is 34.5 Å². The number of ether oxygens (including phenoxy) is 6. The first-order valence-electron chi connectivity index (χ1n) is 13.7. The SMILES string of the molecule is CCC(C)Oc1cc(/C=C/c2ccc(/C=C/c3cc(OC)c(OC)c(OC(C)CC)c3)cc2)cc(OC)c1OC. The smallest absolute Gasteiger partial charge is 0.203 e. The van der Waals surface area contributed by atoms with E-state index in [0.29, 0.717) is 34.5 Å². The molecule has 0 aliphatic heterocycles. The second kappa shape index (κ2) is 14.9. The molecule has 40 heavy (non-hydrogen) atoms. The summed E-state index contributed by atoms with van der Waals surface area (Å²) in [6.45, 7) is 8.25. The van der Waals surface area contributed by atoms with Crippen molar-refractivity contribution in [1.29, 1.82) is 0 Å². The van der Waals surface area contributed by atoms with Gasteiger partial charge in [-0.25, -0.2) is 0 Å². The van der Waals surface area contributed by atoms with E-state index in [4.69, 9.17) is 28.4 Å². The van der Waals surface area contributed by atoms with E-state index in [9.17, 15) is 0 Å². The number of rotatable bonds is 14. The Morgan fingerprint density at radius 3 is 1.12 bits per heavy atom. The highest BCUT2D eigenvalue weighted by Crippen LogP contribution is 2.40. The van der Waals surface area contributed by atoms with Crippen LogP contribution >= 0.6 is 0 Å². The number of benzene rings is 3. The molecular weight excluding hydrogens is 504 g/mol. The van der Waals surface area contributed by atoms with Crippen LogP contribution in [0, 0.1) is 0 Å². The Balaban J connectivity index is 1.80. The molecule has 0 aliphatic rings. The van der Waals surface area contributed by atoms with E-state index in [1.807, 2.05) is 50.3 Å². The van der Waals surface area contributed by atoms with Gasteiger partial charge in [0.05, 0.1) is 40.6 Å². The lowest BCUT2D eigenvalue weighted by molar-refractivity contribution is 0.205. The molecule has 0 radical (unpaired) electrons. The van der Waals surface area contributed by atoms with E-state index >= 15 is 0 Å². The topological polar surface area (TPSA) is 55.4 Å². The third-order valence-corrected chi connectivity index (χ3v) is 6.61. The first kappa shape index (κ1) is 30.5. The highest BCUT2D eigenvalue weighted by atomic mass is 16.5. The molecule has 2 unspecified atom stereocenters. The first-order valence-corrected chi connectivity index (χ1v) is 13.7. The fourth-order valence-electron chi connectivity index (χ4n) is 3.97. The van der Waals surface area contributed by atoms with Gasteiger partial charge >= 0.3 is 0 Å². The molecule has 0 spiro atoms. The molecule has 214 valence electrons. The van der Waals surface area contributed by atoms with Crippen molar-refractivity contribution in [3.63, 3.8) is 0 Å². The molecule has 6 heteroatoms. The van der Waals surface area contributed by atoms with Crippen LogP contribution in [0.25, 0.3) is 24.3 Å². The molecule has 0 aromatic heterocycles. The molecule has 0 saturated heterocycles. The summed E-state index contributed by atoms with van der Waals surface area (Å²) in [5.41, 5.74) is 4.07. The number of hydrogen-bond donors (Lipinski definition) is 0. The summed E-state index contributed by atoms with van der Waals surface area (Å²) in [4.78, 5) is 0. The number of methoxy groups -OCH3 is 4. The molecule has 6 nitrogen and oxygen atoms in total. The summed E-state index contributed by atoms with van der Waals surface area (Å²) in [7, 11) is 6.51. The summed E-state index contributed by atoms with van der Waals surface area (Å²) in [6, 6.07) is 16.2. The number of hydrogen-bond acceptors (Lipinski definition) is 6. The molecule has 0 bridgehead atoms. The molecule has 0 fully saturated rings. The zero-order chi connectivity index (χ0) is 29.1. The maximum Gasteiger partial charge on any atom is 0.203 e. The van der Waals surface area contributed by atoms with Crippen molar-refractivity contribution in [3.05, 3.63) is 70.8 Å². The van der Waals surface area contributed by atoms with Crippen molar-refractivity contribution >= 4 is 24.3 Å². The largest absolute Gasteiger partial charge is 0.493 e. The zero-order valence-corrected chi connectivity index (χ0v) is 24.9. The Morgan fingerprint density at radius 1 is 0.500 bits per heavy atom. The van der Waals surface area contributed by atoms with Crippen molar-refractivity contribution in [1.82, 2.24) is 0 Å². The molecular formula is C34H42O6. The van der Waals surface area contributed by atoms with Crippen LogP contribution in [0.15, 0.2) is 48.5 Å². The van der Waals surface area contributed by atoms with E-state index in [-0.39, 0.29) is 12.2 Å². The Hall–Kier alpha value is -4.06. The Kier molecular flexibility index (Phi) is 11.4. The Bertz CT molecular complexity index is 1190. The lowest BCUT2D eigenvalue weighted by atomic mass is 10.1. The molecule has 0 amide bonds. The van der Waals surface area contributed by atoms with Crippen LogP contribution < -0.4 is 28.4 Å². The van der Waals surface area contributed by atoms with Gasteiger partial charge in [0.25, 0.3) is 0 Å². The highest BCUT2D eigenvalue weighted by molar-refractivity contribution is 5.75. The van der Waals surface area contributed by atoms with Gasteiger partial charge in [-0.3, -0.25) is 0 Å². The van der Waals surface area contributed by atoms with E-state index in [0.717, 1.165) is 35.1 Å². The van der Waals surface area contributed by atoms with Crippen LogP contribution in [0.5, 0.6) is 34.5 Å². The molecule has 0 heterocycles. The third-order valence-electron chi connectivity index (χ3n) is 6.61. The standard InChI is InChI=1S/C34H42O6/c1-9-23(3)39-31-21-27(19-29(35-5)33(31)37-7)17-15-25-11-13-26(14-12-25)16-18-28-20-30(36-6)34(38-8)32(22-28)40-24(4)10-2/h11-24H,9-10H2,1-8H3/b17-15+,18-16+. The van der Waals surface area contributed by atoms with Crippen LogP contribution in [-0.4, -0.2) is 40.6 Å². The minimum Gasteiger partial charge on any atom is -0.493 e. The lowest BCUT2D eigenvalue weighted by Crippen LogP contribution is -2.11. The predicted molar refractivity (Wildman–Crippen MR) is 164 cm³/mol. The maximum absolute atomic E-state index is 6.09. The first-order chi connectivity index (χ1) is 19.3. The molecule has 0 aliphatic carbocycles. The van der Waals surface area contributed by atoms with Crippen LogP contribution in [0.3, 0.4) is 0 Å². The minimum absolute atomic E-state index is 0.0662. The summed E-state index contributed by atoms with van der Waals surface area (Å²) in [6.07, 6.45) is 10.1. The van der Waals surface area contributed by atoms with Gasteiger partial charge in [0.1, 0.15) is 0 Å². The summed E-state index contributed by atoms with van der Waals surface area (Å²) >= 11 is 0. The molecule has 3 rings (SSSR count). The molecule has 0 saturated carbocycles. The highest BCUT2D eigenvalue weighted by Gasteiger charge is 2.16. The average Bonchev–Trinajstić information content (AvgIpc) is 2.98. The van der Waals surface area contributed by atoms with Crippen LogP contribution in [0.2, 0.25) is 0 Å². The summed E-state index contributed by atoms with van der Waals surface area (Å²) < 4.78 is 34.4. The molecule has 0 N–H and O–H groups in total. The van der Waals surface area contributed by atoms with Gasteiger partial charge in [-0.1, -0.05) is 62.4 Å². The fraction of sp³-hybridized carbons (Fsp3) is 0.353. The molecule has 2 atom stereocenters. The van der Waals surface area contributed by atoms with Gasteiger partial charge < -0.3 is 28.4 Å². The maximum atomic E-state index is 6.09. The monoisotopic (exact) mass is 546 g/mol. The van der Waals surface area contributed by atoms with Crippen molar-refractivity contribution in [2.24, 2.45) is 0 Å². The summed E-state index contributed by atoms with van der Waals surface area (Å²) in [5.74, 6) is 3.81. The minimum atomic E-state index is 0.0662. The van der Waals surface area contributed by atoms with Crippen molar-refractivity contribution < 1.29 is 28.4 Å². The van der Waals surface area contributed by atoms with Gasteiger partial charge in [0, 0.05) is 0 Å². The fourth-order valence-corrected chi connectivity index (χ4v) is 3.97. The van der Waals surface area contributed by atoms with Gasteiger partial charge in [0.2, 0.25) is 11.5 Å². The van der Waals surface area contributed by atoms with E-state index in [1.165, 1.54) is 0 Å². The second-order valence-corrected chi connectivity index (χ2v) is 9.52. The molecule has 3 aromatic carbocycles. The normalized spacial score (nSPS) is 12.8. The van der Waals surface area contributed by atoms with E-state index in [2.05, 4.69) is 50.3 Å². The van der Waals surface area contributed by atoms with Gasteiger partial charge in [-0.15, -0.1) is 0 Å². The Morgan fingerprint density at radius 2 is 0.825 bits per heavy atom. The van der Waals surface area contributed by atoms with Crippen LogP contribution in [0.1, 0.15) is 62.8 Å². The van der Waals surface area contributed by atoms with E-state index in [1.54, 1.807) is 28.4 Å². The lowest BCUT2D eigenvalue weighted by Gasteiger charge is -2.18. The van der Waals surface area contributed by atoms with Crippen molar-refractivity contribution in [2.45, 2.75) is 52.7 Å². The van der Waals surface area contributed by atoms with Gasteiger partial charge in [0.15, 0.2) is 23.0 Å². The average molecular weight is 547 g/mol. The third kappa shape index (κ3) is 7.98. The van der Waals surface area contributed by atoms with Crippen molar-refractivity contribution in [2.75, 3.05) is 28.4 Å².